The van der Waals surface area contributed by atoms with Crippen LogP contribution in [0.15, 0.2) is 71.8 Å². The predicted molar refractivity (Wildman–Crippen MR) is 138 cm³/mol. The van der Waals surface area contributed by atoms with Gasteiger partial charge < -0.3 is 9.80 Å². The SMILES string of the molecule is CN(C)c1ccc(C#CC(C#Cc2ccc(N(C)C)cc2)=CC#CC#CC=C(C#N)C#N)cc1. The van der Waals surface area contributed by atoms with Gasteiger partial charge >= 0.3 is 0 Å². The number of allylic oxidation sites excluding steroid dienone is 4. The molecular weight excluding hydrogens is 416 g/mol. The first-order chi connectivity index (χ1) is 16.4. The van der Waals surface area contributed by atoms with Gasteiger partial charge in [-0.1, -0.05) is 35.5 Å². The van der Waals surface area contributed by atoms with Crippen molar-refractivity contribution in [1.29, 1.82) is 10.5 Å². The molecule has 0 bridgehead atoms. The number of hydrogen-bond donors (Lipinski definition) is 0. The molecule has 0 heterocycles. The number of hydrogen-bond acceptors (Lipinski definition) is 4. The zero-order valence-electron chi connectivity index (χ0n) is 19.6. The Labute approximate surface area is 202 Å². The van der Waals surface area contributed by atoms with Crippen molar-refractivity contribution in [2.45, 2.75) is 0 Å². The summed E-state index contributed by atoms with van der Waals surface area (Å²) in [5, 5.41) is 17.4. The summed E-state index contributed by atoms with van der Waals surface area (Å²) < 4.78 is 0. The zero-order valence-corrected chi connectivity index (χ0v) is 19.6. The van der Waals surface area contributed by atoms with E-state index in [-0.39, 0.29) is 5.57 Å². The van der Waals surface area contributed by atoms with E-state index >= 15 is 0 Å². The van der Waals surface area contributed by atoms with Crippen LogP contribution in [0.5, 0.6) is 0 Å². The minimum atomic E-state index is -0.0668. The van der Waals surface area contributed by atoms with Crippen LogP contribution in [-0.2, 0) is 0 Å². The second-order valence-corrected chi connectivity index (χ2v) is 7.26. The lowest BCUT2D eigenvalue weighted by Gasteiger charge is -2.11. The smallest absolute Gasteiger partial charge is 0.138 e. The Bertz CT molecular complexity index is 1320. The van der Waals surface area contributed by atoms with Gasteiger partial charge in [-0.05, 0) is 60.4 Å². The van der Waals surface area contributed by atoms with Gasteiger partial charge in [0.05, 0.1) is 5.57 Å². The molecule has 0 N–H and O–H groups in total. The van der Waals surface area contributed by atoms with E-state index in [9.17, 15) is 0 Å². The molecule has 0 saturated heterocycles. The standard InChI is InChI=1S/C30H22N4/c1-33(2)29-19-15-26(16-20-29)13-11-25(9-7-5-6-8-10-28(23-31)24-32)12-14-27-17-21-30(22-18-27)34(3)4/h9-10,15-22H,1-4H3. The van der Waals surface area contributed by atoms with E-state index < -0.39 is 0 Å². The Morgan fingerprint density at radius 3 is 1.35 bits per heavy atom. The molecule has 34 heavy (non-hydrogen) atoms. The van der Waals surface area contributed by atoms with Crippen molar-refractivity contribution in [3.8, 4) is 59.5 Å². The van der Waals surface area contributed by atoms with Crippen LogP contribution >= 0.6 is 0 Å². The lowest BCUT2D eigenvalue weighted by atomic mass is 10.1. The highest BCUT2D eigenvalue weighted by atomic mass is 15.1. The molecule has 2 aromatic rings. The Hall–Kier alpha value is -5.26. The normalized spacial score (nSPS) is 8.18. The number of anilines is 2. The van der Waals surface area contributed by atoms with Gasteiger partial charge in [-0.25, -0.2) is 0 Å². The quantitative estimate of drug-likeness (QED) is 0.523. The maximum absolute atomic E-state index is 8.70. The molecule has 0 aliphatic heterocycles. The van der Waals surface area contributed by atoms with E-state index in [2.05, 4.69) is 47.4 Å². The topological polar surface area (TPSA) is 54.1 Å². The fourth-order valence-electron chi connectivity index (χ4n) is 2.45. The van der Waals surface area contributed by atoms with Gasteiger partial charge in [0, 0.05) is 62.8 Å². The Morgan fingerprint density at radius 1 is 0.618 bits per heavy atom. The molecule has 0 aliphatic carbocycles. The van der Waals surface area contributed by atoms with Crippen LogP contribution in [0.2, 0.25) is 0 Å². The minimum Gasteiger partial charge on any atom is -0.378 e. The first kappa shape index (κ1) is 25.0. The highest BCUT2D eigenvalue weighted by Crippen LogP contribution is 2.12. The lowest BCUT2D eigenvalue weighted by Crippen LogP contribution is -2.07. The molecular formula is C30H22N4. The summed E-state index contributed by atoms with van der Waals surface area (Å²) in [6, 6.07) is 19.3. The molecule has 4 nitrogen and oxygen atoms in total. The van der Waals surface area contributed by atoms with Crippen LogP contribution in [0.1, 0.15) is 11.1 Å². The van der Waals surface area contributed by atoms with Crippen LogP contribution < -0.4 is 9.80 Å². The second-order valence-electron chi connectivity index (χ2n) is 7.26. The van der Waals surface area contributed by atoms with Gasteiger partial charge in [-0.3, -0.25) is 0 Å². The predicted octanol–water partition coefficient (Wildman–Crippen LogP) is 4.13. The van der Waals surface area contributed by atoms with Crippen molar-refractivity contribution in [1.82, 2.24) is 0 Å². The summed E-state index contributed by atoms with van der Waals surface area (Å²) in [5.74, 6) is 23.0. The highest BCUT2D eigenvalue weighted by Gasteiger charge is 1.95. The van der Waals surface area contributed by atoms with Gasteiger partial charge in [-0.15, -0.1) is 0 Å². The highest BCUT2D eigenvalue weighted by molar-refractivity contribution is 5.57. The van der Waals surface area contributed by atoms with Crippen LogP contribution in [0.4, 0.5) is 11.4 Å². The summed E-state index contributed by atoms with van der Waals surface area (Å²) in [7, 11) is 7.95. The van der Waals surface area contributed by atoms with E-state index in [1.165, 1.54) is 6.08 Å². The zero-order chi connectivity index (χ0) is 24.8. The molecule has 0 unspecified atom stereocenters. The van der Waals surface area contributed by atoms with Crippen molar-refractivity contribution in [3.63, 3.8) is 0 Å². The monoisotopic (exact) mass is 438 g/mol. The molecule has 0 spiro atoms. The van der Waals surface area contributed by atoms with E-state index in [1.54, 1.807) is 18.2 Å². The van der Waals surface area contributed by atoms with Crippen molar-refractivity contribution in [2.75, 3.05) is 38.0 Å². The first-order valence-corrected chi connectivity index (χ1v) is 10.2. The molecule has 2 aromatic carbocycles. The van der Waals surface area contributed by atoms with Crippen molar-refractivity contribution in [3.05, 3.63) is 83.0 Å². The van der Waals surface area contributed by atoms with Gasteiger partial charge in [-0.2, -0.15) is 10.5 Å². The van der Waals surface area contributed by atoms with E-state index in [0.29, 0.717) is 5.57 Å². The third kappa shape index (κ3) is 8.47. The third-order valence-electron chi connectivity index (χ3n) is 4.33. The summed E-state index contributed by atoms with van der Waals surface area (Å²) in [4.78, 5) is 4.05. The second kappa shape index (κ2) is 13.2. The summed E-state index contributed by atoms with van der Waals surface area (Å²) >= 11 is 0. The lowest BCUT2D eigenvalue weighted by molar-refractivity contribution is 1.13. The molecule has 0 atom stereocenters. The number of rotatable bonds is 2. The third-order valence-corrected chi connectivity index (χ3v) is 4.33. The number of nitriles is 2. The van der Waals surface area contributed by atoms with Gasteiger partial charge in [0.2, 0.25) is 0 Å². The molecule has 2 rings (SSSR count). The summed E-state index contributed by atoms with van der Waals surface area (Å²) in [6.07, 6.45) is 2.84. The average molecular weight is 439 g/mol. The van der Waals surface area contributed by atoms with E-state index in [1.807, 2.05) is 86.5 Å². The van der Waals surface area contributed by atoms with E-state index in [4.69, 9.17) is 10.5 Å². The number of nitrogens with zero attached hydrogens (tertiary/aromatic N) is 4. The molecule has 0 amide bonds. The van der Waals surface area contributed by atoms with Gasteiger partial charge in [0.25, 0.3) is 0 Å². The molecule has 162 valence electrons. The fourth-order valence-corrected chi connectivity index (χ4v) is 2.45. The van der Waals surface area contributed by atoms with Crippen LogP contribution in [0, 0.1) is 70.0 Å². The van der Waals surface area contributed by atoms with Crippen molar-refractivity contribution in [2.24, 2.45) is 0 Å². The maximum Gasteiger partial charge on any atom is 0.138 e. The maximum atomic E-state index is 8.70. The van der Waals surface area contributed by atoms with Crippen LogP contribution in [0.25, 0.3) is 0 Å². The molecule has 4 heteroatoms. The van der Waals surface area contributed by atoms with Crippen molar-refractivity contribution < 1.29 is 0 Å². The first-order valence-electron chi connectivity index (χ1n) is 10.2. The Morgan fingerprint density at radius 2 is 1.00 bits per heavy atom. The average Bonchev–Trinajstić information content (AvgIpc) is 2.85. The van der Waals surface area contributed by atoms with Gasteiger partial charge in [0.15, 0.2) is 0 Å². The van der Waals surface area contributed by atoms with E-state index in [0.717, 1.165) is 22.5 Å². The van der Waals surface area contributed by atoms with Crippen LogP contribution in [0.3, 0.4) is 0 Å². The molecule has 0 radical (unpaired) electrons. The fraction of sp³-hybridized carbons (Fsp3) is 0.133. The Balaban J connectivity index is 2.33. The molecule has 0 aromatic heterocycles. The largest absolute Gasteiger partial charge is 0.378 e. The summed E-state index contributed by atoms with van der Waals surface area (Å²) in [6.45, 7) is 0. The van der Waals surface area contributed by atoms with Crippen LogP contribution in [-0.4, -0.2) is 28.2 Å². The molecule has 0 aliphatic rings. The molecule has 0 saturated carbocycles. The van der Waals surface area contributed by atoms with Gasteiger partial charge in [0.1, 0.15) is 17.7 Å². The van der Waals surface area contributed by atoms with Crippen molar-refractivity contribution >= 4 is 11.4 Å². The number of benzene rings is 2. The summed E-state index contributed by atoms with van der Waals surface area (Å²) in [5.41, 5.74) is 4.41. The minimum absolute atomic E-state index is 0.0668. The molecule has 0 fully saturated rings. The Kier molecular flexibility index (Phi) is 9.72.